The third-order valence-electron chi connectivity index (χ3n) is 8.86. The molecule has 4 bridgehead atoms. The van der Waals surface area contributed by atoms with Crippen LogP contribution in [-0.2, 0) is 19.6 Å². The Morgan fingerprint density at radius 2 is 1.69 bits per heavy atom. The maximum absolute atomic E-state index is 13.7. The average Bonchev–Trinajstić information content (AvgIpc) is 3.19. The molecule has 5 saturated carbocycles. The highest BCUT2D eigenvalue weighted by Crippen LogP contribution is 2.63. The summed E-state index contributed by atoms with van der Waals surface area (Å²) in [7, 11) is -3.92. The molecular weight excluding hydrogens is 448 g/mol. The Hall–Kier alpha value is -1.44. The number of sulfonamides is 1. The molecule has 5 aliphatic carbocycles. The Balaban J connectivity index is 1.37. The summed E-state index contributed by atoms with van der Waals surface area (Å²) in [4.78, 5) is 26.0. The fraction of sp³-hybridized carbons (Fsp3) is 0.667. The number of nitrogens with one attached hydrogen (secondary N) is 1. The summed E-state index contributed by atoms with van der Waals surface area (Å²) in [6.45, 7) is 0. The zero-order chi connectivity index (χ0) is 22.7. The fourth-order valence-corrected chi connectivity index (χ4v) is 9.53. The Morgan fingerprint density at radius 3 is 2.28 bits per heavy atom. The van der Waals surface area contributed by atoms with Gasteiger partial charge in [0.15, 0.2) is 5.78 Å². The van der Waals surface area contributed by atoms with Gasteiger partial charge in [-0.1, -0.05) is 36.6 Å². The van der Waals surface area contributed by atoms with Crippen molar-refractivity contribution < 1.29 is 18.0 Å². The van der Waals surface area contributed by atoms with Crippen molar-refractivity contribution in [2.24, 2.45) is 34.8 Å². The van der Waals surface area contributed by atoms with Crippen molar-refractivity contribution in [2.75, 3.05) is 0 Å². The highest BCUT2D eigenvalue weighted by atomic mass is 35.5. The van der Waals surface area contributed by atoms with Gasteiger partial charge in [0, 0.05) is 11.8 Å². The maximum Gasteiger partial charge on any atom is 0.242 e. The number of Topliss-reactive ketones (excluding diaryl/α,β-unsaturated/α-hetero) is 1. The number of hydrogen-bond acceptors (Lipinski definition) is 4. The molecule has 1 aromatic carbocycles. The molecule has 1 aromatic rings. The summed E-state index contributed by atoms with van der Waals surface area (Å²) in [5.74, 6) is 1.23. The number of rotatable bonds is 7. The second-order valence-electron chi connectivity index (χ2n) is 10.7. The molecule has 0 radical (unpaired) electrons. The van der Waals surface area contributed by atoms with Crippen LogP contribution in [0, 0.1) is 29.1 Å². The van der Waals surface area contributed by atoms with E-state index in [0.717, 1.165) is 44.9 Å². The molecule has 6 rings (SSSR count). The molecule has 5 aliphatic rings. The highest BCUT2D eigenvalue weighted by Gasteiger charge is 2.58. The van der Waals surface area contributed by atoms with E-state index in [1.807, 2.05) is 0 Å². The molecule has 0 aliphatic heterocycles. The Labute approximate surface area is 194 Å². The zero-order valence-corrected chi connectivity index (χ0v) is 19.8. The second-order valence-corrected chi connectivity index (χ2v) is 12.8. The van der Waals surface area contributed by atoms with Gasteiger partial charge in [-0.05, 0) is 80.8 Å². The highest BCUT2D eigenvalue weighted by molar-refractivity contribution is 7.89. The number of carbonyl (C=O) groups excluding carboxylic acids is 2. The minimum atomic E-state index is -3.92. The number of carbonyl (C=O) groups is 2. The van der Waals surface area contributed by atoms with Crippen molar-refractivity contribution >= 4 is 33.3 Å². The summed E-state index contributed by atoms with van der Waals surface area (Å²) in [5.41, 5.74) is 4.36. The van der Waals surface area contributed by atoms with E-state index in [2.05, 4.69) is 4.72 Å². The molecule has 0 aromatic heterocycles. The van der Waals surface area contributed by atoms with Gasteiger partial charge in [-0.2, -0.15) is 4.72 Å². The second kappa shape index (κ2) is 7.81. The Kier molecular flexibility index (Phi) is 5.46. The van der Waals surface area contributed by atoms with E-state index >= 15 is 0 Å². The van der Waals surface area contributed by atoms with E-state index in [0.29, 0.717) is 37.0 Å². The van der Waals surface area contributed by atoms with Gasteiger partial charge in [0.2, 0.25) is 15.9 Å². The molecule has 1 amide bonds. The van der Waals surface area contributed by atoms with Gasteiger partial charge in [0.1, 0.15) is 4.90 Å². The standard InChI is InChI=1S/C24H31ClN2O4S/c25-19-5-1-2-6-20(19)32(30,31)27-24(7-3-4-8-24)21(28)11-18-16-9-15-10-17(18)14-23(12-15,13-16)22(26)29/h1-2,5-6,15-18,27H,3-4,7-14H2,(H2,26,29). The van der Waals surface area contributed by atoms with E-state index < -0.39 is 15.6 Å². The largest absolute Gasteiger partial charge is 0.369 e. The van der Waals surface area contributed by atoms with Crippen LogP contribution in [0.1, 0.15) is 64.2 Å². The van der Waals surface area contributed by atoms with Crippen molar-refractivity contribution in [1.82, 2.24) is 4.72 Å². The van der Waals surface area contributed by atoms with Crippen LogP contribution in [0.25, 0.3) is 0 Å². The molecule has 0 heterocycles. The first-order chi connectivity index (χ1) is 15.1. The average molecular weight is 479 g/mol. The number of amides is 1. The monoisotopic (exact) mass is 478 g/mol. The molecule has 0 spiro atoms. The molecule has 6 nitrogen and oxygen atoms in total. The van der Waals surface area contributed by atoms with Crippen LogP contribution < -0.4 is 10.5 Å². The molecule has 32 heavy (non-hydrogen) atoms. The first-order valence-corrected chi connectivity index (χ1v) is 13.6. The lowest BCUT2D eigenvalue weighted by Crippen LogP contribution is -2.58. The molecule has 2 unspecified atom stereocenters. The quantitative estimate of drug-likeness (QED) is 0.621. The van der Waals surface area contributed by atoms with E-state index in [-0.39, 0.29) is 32.9 Å². The Morgan fingerprint density at radius 1 is 1.06 bits per heavy atom. The van der Waals surface area contributed by atoms with E-state index in [1.165, 1.54) is 6.07 Å². The topological polar surface area (TPSA) is 106 Å². The minimum Gasteiger partial charge on any atom is -0.369 e. The third kappa shape index (κ3) is 3.61. The lowest BCUT2D eigenvalue weighted by atomic mass is 9.45. The minimum absolute atomic E-state index is 0.00349. The van der Waals surface area contributed by atoms with Crippen LogP contribution >= 0.6 is 11.6 Å². The molecule has 174 valence electrons. The summed E-state index contributed by atoms with van der Waals surface area (Å²) < 4.78 is 29.1. The SMILES string of the molecule is NC(=O)C12CC3CC(C1)C(CC(=O)C1(NS(=O)(=O)c4ccccc4Cl)CCCC1)C(C3)C2. The molecule has 5 fully saturated rings. The van der Waals surface area contributed by atoms with Crippen LogP contribution in [0.5, 0.6) is 0 Å². The van der Waals surface area contributed by atoms with Crippen LogP contribution in [0.4, 0.5) is 0 Å². The normalized spacial score (nSPS) is 35.2. The predicted octanol–water partition coefficient (Wildman–Crippen LogP) is 3.82. The van der Waals surface area contributed by atoms with Gasteiger partial charge in [0.05, 0.1) is 10.6 Å². The smallest absolute Gasteiger partial charge is 0.242 e. The number of benzene rings is 1. The maximum atomic E-state index is 13.7. The van der Waals surface area contributed by atoms with Gasteiger partial charge in [-0.25, -0.2) is 8.42 Å². The van der Waals surface area contributed by atoms with Crippen LogP contribution in [0.3, 0.4) is 0 Å². The summed E-state index contributed by atoms with van der Waals surface area (Å²) in [6.07, 6.45) is 7.64. The lowest BCUT2D eigenvalue weighted by Gasteiger charge is -2.59. The molecule has 3 N–H and O–H groups in total. The summed E-state index contributed by atoms with van der Waals surface area (Å²) in [5, 5.41) is 0.151. The number of ketones is 1. The zero-order valence-electron chi connectivity index (χ0n) is 18.2. The summed E-state index contributed by atoms with van der Waals surface area (Å²) in [6, 6.07) is 6.33. The first-order valence-electron chi connectivity index (χ1n) is 11.8. The summed E-state index contributed by atoms with van der Waals surface area (Å²) >= 11 is 6.15. The molecular formula is C24H31ClN2O4S. The first kappa shape index (κ1) is 22.4. The van der Waals surface area contributed by atoms with Gasteiger partial charge < -0.3 is 5.73 Å². The fourth-order valence-electron chi connectivity index (χ4n) is 7.57. The Bertz CT molecular complexity index is 1030. The van der Waals surface area contributed by atoms with Crippen molar-refractivity contribution in [3.63, 3.8) is 0 Å². The van der Waals surface area contributed by atoms with Crippen LogP contribution in [-0.4, -0.2) is 25.6 Å². The molecule has 8 heteroatoms. The van der Waals surface area contributed by atoms with Crippen molar-refractivity contribution in [3.05, 3.63) is 29.3 Å². The van der Waals surface area contributed by atoms with Crippen molar-refractivity contribution in [3.8, 4) is 0 Å². The third-order valence-corrected chi connectivity index (χ3v) is 10.9. The van der Waals surface area contributed by atoms with Gasteiger partial charge >= 0.3 is 0 Å². The van der Waals surface area contributed by atoms with Gasteiger partial charge in [-0.15, -0.1) is 0 Å². The molecule has 0 saturated heterocycles. The van der Waals surface area contributed by atoms with E-state index in [4.69, 9.17) is 17.3 Å². The van der Waals surface area contributed by atoms with Gasteiger partial charge in [-0.3, -0.25) is 9.59 Å². The van der Waals surface area contributed by atoms with Gasteiger partial charge in [0.25, 0.3) is 0 Å². The molecule has 2 atom stereocenters. The van der Waals surface area contributed by atoms with Crippen LogP contribution in [0.2, 0.25) is 5.02 Å². The number of halogens is 1. The van der Waals surface area contributed by atoms with E-state index in [1.54, 1.807) is 18.2 Å². The van der Waals surface area contributed by atoms with Crippen molar-refractivity contribution in [2.45, 2.75) is 74.6 Å². The predicted molar refractivity (Wildman–Crippen MR) is 121 cm³/mol. The number of hydrogen-bond donors (Lipinski definition) is 2. The van der Waals surface area contributed by atoms with E-state index in [9.17, 15) is 18.0 Å². The number of nitrogens with two attached hydrogens (primary N) is 1. The van der Waals surface area contributed by atoms with Crippen molar-refractivity contribution in [1.29, 1.82) is 0 Å². The lowest BCUT2D eigenvalue weighted by molar-refractivity contribution is -0.152. The number of primary amides is 1. The van der Waals surface area contributed by atoms with Crippen LogP contribution in [0.15, 0.2) is 29.2 Å².